The molecule has 9 nitrogen and oxygen atoms in total. The van der Waals surface area contributed by atoms with Crippen LogP contribution in [0.15, 0.2) is 42.5 Å². The summed E-state index contributed by atoms with van der Waals surface area (Å²) in [6.07, 6.45) is 1.96. The minimum absolute atomic E-state index is 0.0880. The quantitative estimate of drug-likeness (QED) is 0.600. The molecule has 3 amide bonds. The Hall–Kier alpha value is -3.59. The van der Waals surface area contributed by atoms with Gasteiger partial charge in [0.15, 0.2) is 11.5 Å². The molecule has 0 bridgehead atoms. The van der Waals surface area contributed by atoms with Crippen LogP contribution in [0.5, 0.6) is 11.5 Å². The first-order chi connectivity index (χ1) is 16.9. The second-order valence-corrected chi connectivity index (χ2v) is 9.11. The van der Waals surface area contributed by atoms with Gasteiger partial charge in [0, 0.05) is 43.5 Å². The van der Waals surface area contributed by atoms with E-state index < -0.39 is 5.92 Å². The molecule has 0 aliphatic carbocycles. The van der Waals surface area contributed by atoms with Gasteiger partial charge in [-0.2, -0.15) is 0 Å². The van der Waals surface area contributed by atoms with Gasteiger partial charge in [-0.15, -0.1) is 0 Å². The highest BCUT2D eigenvalue weighted by atomic mass is 16.5. The van der Waals surface area contributed by atoms with Gasteiger partial charge in [0.05, 0.1) is 26.1 Å². The van der Waals surface area contributed by atoms with E-state index in [1.807, 2.05) is 24.3 Å². The van der Waals surface area contributed by atoms with E-state index in [9.17, 15) is 14.4 Å². The molecule has 186 valence electrons. The number of methoxy groups -OCH3 is 2. The summed E-state index contributed by atoms with van der Waals surface area (Å²) in [7, 11) is 3.09. The summed E-state index contributed by atoms with van der Waals surface area (Å²) in [6, 6.07) is 12.9. The smallest absolute Gasteiger partial charge is 0.229 e. The van der Waals surface area contributed by atoms with Crippen LogP contribution in [-0.2, 0) is 20.9 Å². The standard InChI is InChI=1S/C26H32N4O5/c1-34-22-10-9-21(13-23(22)35-2)30-16-19(12-24(30)31)26(33)28-20-7-5-17(6-8-20)14-29-11-3-4-18(15-29)25(27)32/h5-10,13,18-19H,3-4,11-12,14-16H2,1-2H3,(H2,27,32)(H,28,33). The Kier molecular flexibility index (Phi) is 7.55. The molecule has 2 aliphatic heterocycles. The Balaban J connectivity index is 1.33. The van der Waals surface area contributed by atoms with Crippen molar-refractivity contribution in [3.63, 3.8) is 0 Å². The number of amides is 3. The van der Waals surface area contributed by atoms with Crippen molar-refractivity contribution in [3.8, 4) is 11.5 Å². The molecule has 4 rings (SSSR count). The van der Waals surface area contributed by atoms with Crippen LogP contribution in [0.2, 0.25) is 0 Å². The first-order valence-electron chi connectivity index (χ1n) is 11.8. The molecule has 35 heavy (non-hydrogen) atoms. The number of rotatable bonds is 8. The number of carbonyl (C=O) groups is 3. The minimum Gasteiger partial charge on any atom is -0.493 e. The lowest BCUT2D eigenvalue weighted by Crippen LogP contribution is -2.40. The number of hydrogen-bond acceptors (Lipinski definition) is 6. The van der Waals surface area contributed by atoms with E-state index in [0.29, 0.717) is 36.0 Å². The van der Waals surface area contributed by atoms with Gasteiger partial charge in [0.1, 0.15) is 0 Å². The van der Waals surface area contributed by atoms with E-state index in [-0.39, 0.29) is 30.1 Å². The van der Waals surface area contributed by atoms with Gasteiger partial charge >= 0.3 is 0 Å². The largest absolute Gasteiger partial charge is 0.493 e. The van der Waals surface area contributed by atoms with E-state index >= 15 is 0 Å². The van der Waals surface area contributed by atoms with Crippen LogP contribution in [0.3, 0.4) is 0 Å². The maximum atomic E-state index is 12.9. The van der Waals surface area contributed by atoms with Crippen LogP contribution in [0, 0.1) is 11.8 Å². The van der Waals surface area contributed by atoms with Crippen LogP contribution in [-0.4, -0.2) is 56.5 Å². The third kappa shape index (κ3) is 5.74. The van der Waals surface area contributed by atoms with Crippen molar-refractivity contribution in [2.24, 2.45) is 17.6 Å². The molecule has 0 aromatic heterocycles. The number of carbonyl (C=O) groups excluding carboxylic acids is 3. The van der Waals surface area contributed by atoms with E-state index in [1.165, 1.54) is 0 Å². The first kappa shape index (κ1) is 24.5. The summed E-state index contributed by atoms with van der Waals surface area (Å²) in [5.41, 5.74) is 7.93. The SMILES string of the molecule is COc1ccc(N2CC(C(=O)Nc3ccc(CN4CCCC(C(N)=O)C4)cc3)CC2=O)cc1OC. The number of primary amides is 1. The summed E-state index contributed by atoms with van der Waals surface area (Å²) in [6.45, 7) is 2.65. The normalized spacial score (nSPS) is 20.5. The number of anilines is 2. The maximum Gasteiger partial charge on any atom is 0.229 e. The zero-order valence-corrected chi connectivity index (χ0v) is 20.2. The van der Waals surface area contributed by atoms with E-state index in [4.69, 9.17) is 15.2 Å². The maximum absolute atomic E-state index is 12.9. The summed E-state index contributed by atoms with van der Waals surface area (Å²) < 4.78 is 10.6. The van der Waals surface area contributed by atoms with Crippen molar-refractivity contribution in [2.45, 2.75) is 25.8 Å². The lowest BCUT2D eigenvalue weighted by atomic mass is 9.97. The van der Waals surface area contributed by atoms with Gasteiger partial charge in [0.25, 0.3) is 0 Å². The summed E-state index contributed by atoms with van der Waals surface area (Å²) in [5, 5.41) is 2.93. The highest BCUT2D eigenvalue weighted by molar-refractivity contribution is 6.03. The number of nitrogens with two attached hydrogens (primary N) is 1. The highest BCUT2D eigenvalue weighted by Crippen LogP contribution is 2.34. The lowest BCUT2D eigenvalue weighted by Gasteiger charge is -2.31. The highest BCUT2D eigenvalue weighted by Gasteiger charge is 2.35. The Bertz CT molecular complexity index is 1090. The minimum atomic E-state index is -0.450. The number of piperidine rings is 1. The molecule has 9 heteroatoms. The van der Waals surface area contributed by atoms with Crippen LogP contribution in [0.4, 0.5) is 11.4 Å². The van der Waals surface area contributed by atoms with Crippen molar-refractivity contribution in [1.82, 2.24) is 4.90 Å². The monoisotopic (exact) mass is 480 g/mol. The topological polar surface area (TPSA) is 114 Å². The van der Waals surface area contributed by atoms with E-state index in [2.05, 4.69) is 10.2 Å². The average molecular weight is 481 g/mol. The van der Waals surface area contributed by atoms with Gasteiger partial charge < -0.3 is 25.4 Å². The Morgan fingerprint density at radius 1 is 1.03 bits per heavy atom. The number of likely N-dealkylation sites (tertiary alicyclic amines) is 1. The average Bonchev–Trinajstić information content (AvgIpc) is 3.26. The van der Waals surface area contributed by atoms with Crippen molar-refractivity contribution in [2.75, 3.05) is 44.1 Å². The van der Waals surface area contributed by atoms with E-state index in [0.717, 1.165) is 31.5 Å². The lowest BCUT2D eigenvalue weighted by molar-refractivity contribution is -0.123. The summed E-state index contributed by atoms with van der Waals surface area (Å²) in [4.78, 5) is 40.9. The third-order valence-corrected chi connectivity index (χ3v) is 6.71. The summed E-state index contributed by atoms with van der Waals surface area (Å²) >= 11 is 0. The molecule has 2 unspecified atom stereocenters. The second kappa shape index (κ2) is 10.8. The van der Waals surface area contributed by atoms with Crippen molar-refractivity contribution in [1.29, 1.82) is 0 Å². The number of hydrogen-bond donors (Lipinski definition) is 2. The second-order valence-electron chi connectivity index (χ2n) is 9.11. The molecular weight excluding hydrogens is 448 g/mol. The summed E-state index contributed by atoms with van der Waals surface area (Å²) in [5.74, 6) is 0.0410. The van der Waals surface area contributed by atoms with Gasteiger partial charge in [-0.3, -0.25) is 19.3 Å². The van der Waals surface area contributed by atoms with Gasteiger partial charge in [-0.25, -0.2) is 0 Å². The molecule has 0 saturated carbocycles. The van der Waals surface area contributed by atoms with Crippen LogP contribution < -0.4 is 25.4 Å². The number of benzene rings is 2. The Labute approximate surface area is 205 Å². The molecule has 2 atom stereocenters. The molecule has 2 heterocycles. The third-order valence-electron chi connectivity index (χ3n) is 6.71. The van der Waals surface area contributed by atoms with E-state index in [1.54, 1.807) is 37.3 Å². The number of nitrogens with one attached hydrogen (secondary N) is 1. The van der Waals surface area contributed by atoms with Crippen LogP contribution in [0.25, 0.3) is 0 Å². The number of ether oxygens (including phenoxy) is 2. The van der Waals surface area contributed by atoms with Crippen molar-refractivity contribution in [3.05, 3.63) is 48.0 Å². The predicted molar refractivity (Wildman–Crippen MR) is 132 cm³/mol. The molecule has 0 radical (unpaired) electrons. The predicted octanol–water partition coefficient (Wildman–Crippen LogP) is 2.39. The van der Waals surface area contributed by atoms with Gasteiger partial charge in [0.2, 0.25) is 17.7 Å². The molecule has 3 N–H and O–H groups in total. The number of nitrogens with zero attached hydrogens (tertiary/aromatic N) is 2. The molecule has 2 saturated heterocycles. The Morgan fingerprint density at radius 3 is 2.46 bits per heavy atom. The molecule has 2 fully saturated rings. The zero-order valence-electron chi connectivity index (χ0n) is 20.2. The van der Waals surface area contributed by atoms with Gasteiger partial charge in [-0.05, 0) is 49.2 Å². The molecular formula is C26H32N4O5. The van der Waals surface area contributed by atoms with Crippen LogP contribution in [0.1, 0.15) is 24.8 Å². The molecule has 2 aromatic carbocycles. The molecule has 0 spiro atoms. The zero-order chi connectivity index (χ0) is 24.9. The fourth-order valence-corrected chi connectivity index (χ4v) is 4.75. The van der Waals surface area contributed by atoms with Crippen molar-refractivity contribution < 1.29 is 23.9 Å². The molecule has 2 aromatic rings. The van der Waals surface area contributed by atoms with Gasteiger partial charge in [-0.1, -0.05) is 12.1 Å². The van der Waals surface area contributed by atoms with Crippen LogP contribution >= 0.6 is 0 Å². The fraction of sp³-hybridized carbons (Fsp3) is 0.423. The van der Waals surface area contributed by atoms with Crippen molar-refractivity contribution >= 4 is 29.1 Å². The fourth-order valence-electron chi connectivity index (χ4n) is 4.75. The first-order valence-corrected chi connectivity index (χ1v) is 11.8. The molecule has 2 aliphatic rings. The Morgan fingerprint density at radius 2 is 1.77 bits per heavy atom.